The van der Waals surface area contributed by atoms with E-state index in [0.29, 0.717) is 0 Å². The van der Waals surface area contributed by atoms with Crippen LogP contribution >= 0.6 is 0 Å². The molecule has 2 heteroatoms. The van der Waals surface area contributed by atoms with Gasteiger partial charge in [0.05, 0.1) is 11.4 Å². The lowest BCUT2D eigenvalue weighted by Crippen LogP contribution is -2.12. The molecule has 320 valence electrons. The van der Waals surface area contributed by atoms with Gasteiger partial charge in [0.15, 0.2) is 0 Å². The van der Waals surface area contributed by atoms with E-state index < -0.39 is 0 Å². The maximum atomic E-state index is 2.43. The van der Waals surface area contributed by atoms with E-state index in [1.165, 1.54) is 76.8 Å². The molecule has 0 N–H and O–H groups in total. The molecule has 0 aliphatic heterocycles. The van der Waals surface area contributed by atoms with Gasteiger partial charge in [-0.25, -0.2) is 0 Å². The van der Waals surface area contributed by atoms with Crippen molar-refractivity contribution < 1.29 is 0 Å². The van der Waals surface area contributed by atoms with Crippen LogP contribution in [0, 0.1) is 0 Å². The quantitative estimate of drug-likeness (QED) is 0.126. The van der Waals surface area contributed by atoms with E-state index in [1.54, 1.807) is 0 Å². The molecule has 0 unspecified atom stereocenters. The second-order valence-corrected chi connectivity index (χ2v) is 17.3. The number of rotatable bonds is 10. The van der Waals surface area contributed by atoms with Crippen LogP contribution in [-0.2, 0) is 0 Å². The Morgan fingerprint density at radius 1 is 0.162 bits per heavy atom. The molecule has 12 rings (SSSR count). The molecule has 0 amide bonds. The standard InChI is InChI=1S/C66H46N2/c1-5-17-47(18-6-1)51-29-37-55(38-30-51)67(56-39-31-52(32-40-56)48-19-7-2-8-20-48)65-45-63-60-26-14-16-28-62(60)66(46-64(63)59-25-13-15-27-61(59)65)68(57-41-33-53(34-42-57)49-21-9-3-10-22-49)58-43-35-54(36-44-58)50-23-11-4-12-24-50/h1-46H. The van der Waals surface area contributed by atoms with Gasteiger partial charge in [-0.1, -0.05) is 218 Å². The molecule has 0 heterocycles. The number of fused-ring (bicyclic) bond motifs is 5. The van der Waals surface area contributed by atoms with Crippen molar-refractivity contribution in [3.63, 3.8) is 0 Å². The molecule has 0 spiro atoms. The van der Waals surface area contributed by atoms with Gasteiger partial charge in [0.25, 0.3) is 0 Å². The first kappa shape index (κ1) is 40.5. The van der Waals surface area contributed by atoms with E-state index >= 15 is 0 Å². The van der Waals surface area contributed by atoms with Gasteiger partial charge in [-0.05, 0) is 127 Å². The minimum Gasteiger partial charge on any atom is -0.310 e. The van der Waals surface area contributed by atoms with Crippen LogP contribution in [0.25, 0.3) is 76.8 Å². The van der Waals surface area contributed by atoms with Gasteiger partial charge in [-0.2, -0.15) is 0 Å². The number of benzene rings is 12. The molecule has 0 aromatic heterocycles. The topological polar surface area (TPSA) is 6.48 Å². The second-order valence-electron chi connectivity index (χ2n) is 17.3. The molecule has 68 heavy (non-hydrogen) atoms. The molecule has 0 radical (unpaired) electrons. The molecule has 0 aliphatic carbocycles. The van der Waals surface area contributed by atoms with E-state index in [2.05, 4.69) is 289 Å². The SMILES string of the molecule is c1ccc(-c2ccc(N(c3ccc(-c4ccccc4)cc3)c3cc4c5ccccc5c(N(c5ccc(-c6ccccc6)cc5)c5ccc(-c6ccccc6)cc5)cc4c4ccccc34)cc2)cc1. The van der Waals surface area contributed by atoms with Crippen molar-refractivity contribution in [2.45, 2.75) is 0 Å². The summed E-state index contributed by atoms with van der Waals surface area (Å²) in [6.07, 6.45) is 0. The van der Waals surface area contributed by atoms with Crippen LogP contribution < -0.4 is 9.80 Å². The Labute approximate surface area is 397 Å². The number of nitrogens with zero attached hydrogens (tertiary/aromatic N) is 2. The fraction of sp³-hybridized carbons (Fsp3) is 0. The second kappa shape index (κ2) is 17.8. The molecule has 0 aliphatic rings. The van der Waals surface area contributed by atoms with Crippen LogP contribution in [-0.4, -0.2) is 0 Å². The fourth-order valence-corrected chi connectivity index (χ4v) is 9.87. The van der Waals surface area contributed by atoms with Gasteiger partial charge in [-0.3, -0.25) is 0 Å². The van der Waals surface area contributed by atoms with Crippen molar-refractivity contribution in [3.05, 3.63) is 279 Å². The first-order valence-electron chi connectivity index (χ1n) is 23.3. The van der Waals surface area contributed by atoms with Gasteiger partial charge in [0.1, 0.15) is 0 Å². The van der Waals surface area contributed by atoms with Crippen LogP contribution in [0.4, 0.5) is 34.1 Å². The third-order valence-corrected chi connectivity index (χ3v) is 13.3. The van der Waals surface area contributed by atoms with E-state index in [0.717, 1.165) is 34.1 Å². The molecule has 12 aromatic rings. The molecule has 0 bridgehead atoms. The smallest absolute Gasteiger partial charge is 0.0546 e. The fourth-order valence-electron chi connectivity index (χ4n) is 9.87. The maximum Gasteiger partial charge on any atom is 0.0546 e. The lowest BCUT2D eigenvalue weighted by atomic mass is 9.93. The summed E-state index contributed by atoms with van der Waals surface area (Å²) in [7, 11) is 0. The highest BCUT2D eigenvalue weighted by Crippen LogP contribution is 2.48. The summed E-state index contributed by atoms with van der Waals surface area (Å²) in [4.78, 5) is 4.87. The maximum absolute atomic E-state index is 2.43. The number of anilines is 6. The summed E-state index contributed by atoms with van der Waals surface area (Å²) in [5, 5.41) is 7.13. The molecule has 0 saturated heterocycles. The summed E-state index contributed by atoms with van der Waals surface area (Å²) in [6.45, 7) is 0. The number of hydrogen-bond acceptors (Lipinski definition) is 2. The van der Waals surface area contributed by atoms with E-state index in [9.17, 15) is 0 Å². The van der Waals surface area contributed by atoms with Gasteiger partial charge in [0.2, 0.25) is 0 Å². The number of hydrogen-bond donors (Lipinski definition) is 0. The molecule has 2 nitrogen and oxygen atoms in total. The lowest BCUT2D eigenvalue weighted by molar-refractivity contribution is 1.30. The highest BCUT2D eigenvalue weighted by Gasteiger charge is 2.22. The molecule has 0 saturated carbocycles. The predicted molar refractivity (Wildman–Crippen MR) is 290 cm³/mol. The van der Waals surface area contributed by atoms with Crippen LogP contribution in [0.1, 0.15) is 0 Å². The average molecular weight is 867 g/mol. The van der Waals surface area contributed by atoms with Crippen molar-refractivity contribution in [2.75, 3.05) is 9.80 Å². The summed E-state index contributed by atoms with van der Waals surface area (Å²) in [6, 6.07) is 101. The minimum absolute atomic E-state index is 1.09. The van der Waals surface area contributed by atoms with Crippen molar-refractivity contribution in [2.24, 2.45) is 0 Å². The highest BCUT2D eigenvalue weighted by molar-refractivity contribution is 6.24. The van der Waals surface area contributed by atoms with Crippen molar-refractivity contribution in [1.82, 2.24) is 0 Å². The first-order chi connectivity index (χ1) is 33.7. The van der Waals surface area contributed by atoms with Crippen molar-refractivity contribution >= 4 is 66.4 Å². The van der Waals surface area contributed by atoms with Crippen LogP contribution in [0.15, 0.2) is 279 Å². The van der Waals surface area contributed by atoms with Crippen molar-refractivity contribution in [3.8, 4) is 44.5 Å². The molecular weight excluding hydrogens is 821 g/mol. The molecule has 0 fully saturated rings. The van der Waals surface area contributed by atoms with E-state index in [4.69, 9.17) is 0 Å². The lowest BCUT2D eigenvalue weighted by Gasteiger charge is -2.30. The normalized spacial score (nSPS) is 11.2. The average Bonchev–Trinajstić information content (AvgIpc) is 3.43. The summed E-state index contributed by atoms with van der Waals surface area (Å²) in [5.74, 6) is 0. The van der Waals surface area contributed by atoms with Crippen LogP contribution in [0.5, 0.6) is 0 Å². The Balaban J connectivity index is 1.06. The molecule has 0 atom stereocenters. The monoisotopic (exact) mass is 866 g/mol. The van der Waals surface area contributed by atoms with Gasteiger partial charge >= 0.3 is 0 Å². The van der Waals surface area contributed by atoms with Gasteiger partial charge < -0.3 is 9.80 Å². The molecule has 12 aromatic carbocycles. The Morgan fingerprint density at radius 2 is 0.368 bits per heavy atom. The third-order valence-electron chi connectivity index (χ3n) is 13.3. The molecular formula is C66H46N2. The summed E-state index contributed by atoms with van der Waals surface area (Å²) < 4.78 is 0. The van der Waals surface area contributed by atoms with Crippen LogP contribution in [0.2, 0.25) is 0 Å². The Kier molecular flexibility index (Phi) is 10.6. The predicted octanol–water partition coefficient (Wildman–Crippen LogP) is 18.8. The zero-order valence-electron chi connectivity index (χ0n) is 37.5. The zero-order valence-corrected chi connectivity index (χ0v) is 37.5. The zero-order chi connectivity index (χ0) is 45.2. The summed E-state index contributed by atoms with van der Waals surface area (Å²) >= 11 is 0. The summed E-state index contributed by atoms with van der Waals surface area (Å²) in [5.41, 5.74) is 16.1. The van der Waals surface area contributed by atoms with Gasteiger partial charge in [-0.15, -0.1) is 0 Å². The Bertz CT molecular complexity index is 3250. The van der Waals surface area contributed by atoms with E-state index in [-0.39, 0.29) is 0 Å². The van der Waals surface area contributed by atoms with Crippen LogP contribution in [0.3, 0.4) is 0 Å². The van der Waals surface area contributed by atoms with Gasteiger partial charge in [0, 0.05) is 33.5 Å². The van der Waals surface area contributed by atoms with E-state index in [1.807, 2.05) is 0 Å². The highest BCUT2D eigenvalue weighted by atomic mass is 15.2. The Morgan fingerprint density at radius 3 is 0.618 bits per heavy atom. The largest absolute Gasteiger partial charge is 0.310 e. The minimum atomic E-state index is 1.09. The first-order valence-corrected chi connectivity index (χ1v) is 23.3. The third kappa shape index (κ3) is 7.64. The van der Waals surface area contributed by atoms with Crippen molar-refractivity contribution in [1.29, 1.82) is 0 Å². The Hall–Kier alpha value is -8.98.